The van der Waals surface area contributed by atoms with Crippen LogP contribution in [0.2, 0.25) is 0 Å². The van der Waals surface area contributed by atoms with Crippen molar-refractivity contribution >= 4 is 30.4 Å². The van der Waals surface area contributed by atoms with Gasteiger partial charge in [0, 0.05) is 11.6 Å². The lowest BCUT2D eigenvalue weighted by molar-refractivity contribution is -0.132. The number of rotatable bonds is 2. The highest BCUT2D eigenvalue weighted by Crippen LogP contribution is 2.21. The van der Waals surface area contributed by atoms with Crippen molar-refractivity contribution in [2.75, 3.05) is 0 Å². The largest absolute Gasteiger partial charge is 0.478 e. The Labute approximate surface area is 123 Å². The summed E-state index contributed by atoms with van der Waals surface area (Å²) in [5.74, 6) is -8.19. The first-order valence-electron chi connectivity index (χ1n) is 4.92. The van der Waals surface area contributed by atoms with Crippen molar-refractivity contribution in [2.24, 2.45) is 11.5 Å². The van der Waals surface area contributed by atoms with E-state index in [0.29, 0.717) is 6.08 Å². The zero-order valence-electron chi connectivity index (χ0n) is 10.6. The summed E-state index contributed by atoms with van der Waals surface area (Å²) in [5.41, 5.74) is 7.46. The van der Waals surface area contributed by atoms with Crippen LogP contribution in [0.1, 0.15) is 12.5 Å². The maximum Gasteiger partial charge on any atom is 0.331 e. The summed E-state index contributed by atoms with van der Waals surface area (Å²) in [6.45, 7) is 1.05. The van der Waals surface area contributed by atoms with Gasteiger partial charge in [-0.1, -0.05) is 0 Å². The van der Waals surface area contributed by atoms with Crippen molar-refractivity contribution in [2.45, 2.75) is 6.92 Å². The summed E-state index contributed by atoms with van der Waals surface area (Å²) in [6.07, 6.45) is 0.527. The molecule has 118 valence electrons. The van der Waals surface area contributed by atoms with Crippen molar-refractivity contribution in [1.29, 1.82) is 5.41 Å². The van der Waals surface area contributed by atoms with E-state index < -0.39 is 40.4 Å². The minimum absolute atomic E-state index is 0. The standard InChI is InChI=1S/C10H6F4O2.CH5N3.ClH/c1-4(10(15)16)2-5-8(13)6(11)3-7(12)9(5)14;2-1(3)4;/h2-3H,1H3,(H,15,16);(H5,2,3,4);1H. The van der Waals surface area contributed by atoms with Crippen molar-refractivity contribution in [3.63, 3.8) is 0 Å². The van der Waals surface area contributed by atoms with Gasteiger partial charge < -0.3 is 16.6 Å². The van der Waals surface area contributed by atoms with E-state index in [1.807, 2.05) is 0 Å². The van der Waals surface area contributed by atoms with E-state index >= 15 is 0 Å². The highest BCUT2D eigenvalue weighted by atomic mass is 35.5. The fourth-order valence-corrected chi connectivity index (χ4v) is 0.997. The van der Waals surface area contributed by atoms with Gasteiger partial charge in [-0.05, 0) is 13.0 Å². The average Bonchev–Trinajstić information content (AvgIpc) is 2.31. The number of hydrogen-bond acceptors (Lipinski definition) is 2. The number of carbonyl (C=O) groups is 1. The van der Waals surface area contributed by atoms with Gasteiger partial charge in [0.1, 0.15) is 0 Å². The Balaban J connectivity index is 0. The number of carboxylic acids is 1. The van der Waals surface area contributed by atoms with Crippen molar-refractivity contribution in [3.05, 3.63) is 40.5 Å². The van der Waals surface area contributed by atoms with Crippen molar-refractivity contribution < 1.29 is 27.5 Å². The zero-order chi connectivity index (χ0) is 16.0. The zero-order valence-corrected chi connectivity index (χ0v) is 11.4. The summed E-state index contributed by atoms with van der Waals surface area (Å²) in [6, 6.07) is 0.0537. The van der Waals surface area contributed by atoms with Gasteiger partial charge in [-0.15, -0.1) is 12.4 Å². The molecule has 0 aliphatic heterocycles. The topological polar surface area (TPSA) is 113 Å². The number of carboxylic acid groups (broad SMARTS) is 1. The Hall–Kier alpha value is -2.29. The van der Waals surface area contributed by atoms with Gasteiger partial charge in [-0.25, -0.2) is 22.4 Å². The Morgan fingerprint density at radius 1 is 1.19 bits per heavy atom. The number of guanidine groups is 1. The quantitative estimate of drug-likeness (QED) is 0.218. The monoisotopic (exact) mass is 329 g/mol. The van der Waals surface area contributed by atoms with Gasteiger partial charge in [0.05, 0.1) is 5.56 Å². The summed E-state index contributed by atoms with van der Waals surface area (Å²) in [4.78, 5) is 10.4. The summed E-state index contributed by atoms with van der Waals surface area (Å²) >= 11 is 0. The molecule has 0 saturated heterocycles. The van der Waals surface area contributed by atoms with E-state index in [-0.39, 0.29) is 24.4 Å². The molecule has 21 heavy (non-hydrogen) atoms. The van der Waals surface area contributed by atoms with Crippen LogP contribution < -0.4 is 11.5 Å². The van der Waals surface area contributed by atoms with Crippen LogP contribution >= 0.6 is 12.4 Å². The van der Waals surface area contributed by atoms with Gasteiger partial charge >= 0.3 is 5.97 Å². The molecule has 0 amide bonds. The lowest BCUT2D eigenvalue weighted by atomic mass is 10.1. The van der Waals surface area contributed by atoms with Gasteiger partial charge in [-0.2, -0.15) is 0 Å². The van der Waals surface area contributed by atoms with Crippen LogP contribution in [0.15, 0.2) is 11.6 Å². The Morgan fingerprint density at radius 3 is 1.81 bits per heavy atom. The number of nitrogens with one attached hydrogen (secondary N) is 1. The molecular weight excluding hydrogens is 318 g/mol. The first-order valence-corrected chi connectivity index (χ1v) is 4.92. The summed E-state index contributed by atoms with van der Waals surface area (Å²) in [7, 11) is 0. The molecule has 0 atom stereocenters. The van der Waals surface area contributed by atoms with Crippen LogP contribution in [0.3, 0.4) is 0 Å². The first kappa shape index (κ1) is 21.0. The Morgan fingerprint density at radius 2 is 1.52 bits per heavy atom. The molecular formula is C11H12ClF4N3O2. The Bertz CT molecular complexity index is 549. The molecule has 0 radical (unpaired) electrons. The average molecular weight is 330 g/mol. The second-order valence-electron chi connectivity index (χ2n) is 3.47. The van der Waals surface area contributed by atoms with Gasteiger partial charge in [0.15, 0.2) is 29.2 Å². The maximum absolute atomic E-state index is 13.0. The third kappa shape index (κ3) is 6.61. The second-order valence-corrected chi connectivity index (χ2v) is 3.47. The molecule has 0 aliphatic carbocycles. The fourth-order valence-electron chi connectivity index (χ4n) is 0.997. The summed E-state index contributed by atoms with van der Waals surface area (Å²) in [5, 5.41) is 14.5. The fraction of sp³-hybridized carbons (Fsp3) is 0.0909. The Kier molecular flexibility index (Phi) is 8.80. The molecule has 1 rings (SSSR count). The number of benzene rings is 1. The van der Waals surface area contributed by atoms with Crippen LogP contribution in [0.25, 0.3) is 6.08 Å². The van der Waals surface area contributed by atoms with Crippen LogP contribution in [0, 0.1) is 28.7 Å². The molecule has 1 aromatic carbocycles. The van der Waals surface area contributed by atoms with E-state index in [9.17, 15) is 22.4 Å². The van der Waals surface area contributed by atoms with Gasteiger partial charge in [0.25, 0.3) is 0 Å². The number of halogens is 5. The number of hydrogen-bond donors (Lipinski definition) is 4. The smallest absolute Gasteiger partial charge is 0.331 e. The highest BCUT2D eigenvalue weighted by Gasteiger charge is 2.18. The van der Waals surface area contributed by atoms with Crippen molar-refractivity contribution in [3.8, 4) is 0 Å². The predicted molar refractivity (Wildman–Crippen MR) is 70.9 cm³/mol. The van der Waals surface area contributed by atoms with Gasteiger partial charge in [0.2, 0.25) is 0 Å². The predicted octanol–water partition coefficient (Wildman–Crippen LogP) is 1.99. The van der Waals surface area contributed by atoms with Crippen LogP contribution in [0.4, 0.5) is 17.6 Å². The normalized spacial score (nSPS) is 10.0. The number of nitrogens with two attached hydrogens (primary N) is 2. The van der Waals surface area contributed by atoms with E-state index in [0.717, 1.165) is 6.92 Å². The SMILES string of the molecule is CC(=Cc1c(F)c(F)cc(F)c1F)C(=O)O.Cl.N=C(N)N. The molecule has 0 unspecified atom stereocenters. The third-order valence-electron chi connectivity index (χ3n) is 1.84. The molecule has 0 aromatic heterocycles. The summed E-state index contributed by atoms with van der Waals surface area (Å²) < 4.78 is 51.5. The van der Waals surface area contributed by atoms with E-state index in [2.05, 4.69) is 11.5 Å². The lowest BCUT2D eigenvalue weighted by Gasteiger charge is -2.03. The molecule has 0 heterocycles. The molecule has 0 fully saturated rings. The minimum atomic E-state index is -1.63. The van der Waals surface area contributed by atoms with E-state index in [1.54, 1.807) is 0 Å². The van der Waals surface area contributed by atoms with Gasteiger partial charge in [-0.3, -0.25) is 5.41 Å². The second kappa shape index (κ2) is 8.80. The maximum atomic E-state index is 13.0. The highest BCUT2D eigenvalue weighted by molar-refractivity contribution is 5.91. The molecule has 1 aromatic rings. The third-order valence-corrected chi connectivity index (χ3v) is 1.84. The van der Waals surface area contributed by atoms with E-state index in [4.69, 9.17) is 10.5 Å². The minimum Gasteiger partial charge on any atom is -0.478 e. The van der Waals surface area contributed by atoms with Crippen LogP contribution in [-0.4, -0.2) is 17.0 Å². The molecule has 0 saturated carbocycles. The molecule has 5 nitrogen and oxygen atoms in total. The molecule has 0 spiro atoms. The molecule has 0 aliphatic rings. The first-order chi connectivity index (χ1) is 9.07. The van der Waals surface area contributed by atoms with Crippen LogP contribution in [-0.2, 0) is 4.79 Å². The lowest BCUT2D eigenvalue weighted by Crippen LogP contribution is -2.20. The number of aliphatic carboxylic acids is 1. The van der Waals surface area contributed by atoms with Crippen molar-refractivity contribution in [1.82, 2.24) is 0 Å². The molecule has 6 N–H and O–H groups in total. The van der Waals surface area contributed by atoms with E-state index in [1.165, 1.54) is 0 Å². The molecule has 10 heteroatoms. The van der Waals surface area contributed by atoms with Crippen LogP contribution in [0.5, 0.6) is 0 Å². The molecule has 0 bridgehead atoms.